The third-order valence-electron chi connectivity index (χ3n) is 3.28. The van der Waals surface area contributed by atoms with Crippen LogP contribution in [-0.4, -0.2) is 11.4 Å². The van der Waals surface area contributed by atoms with Crippen LogP contribution in [0.4, 0.5) is 0 Å². The van der Waals surface area contributed by atoms with Crippen molar-refractivity contribution < 1.29 is 0 Å². The van der Waals surface area contributed by atoms with Crippen LogP contribution in [0.1, 0.15) is 11.1 Å². The van der Waals surface area contributed by atoms with Crippen molar-refractivity contribution in [2.24, 2.45) is 15.9 Å². The summed E-state index contributed by atoms with van der Waals surface area (Å²) in [7, 11) is 0. The molecule has 3 aromatic rings. The molecule has 0 bridgehead atoms. The van der Waals surface area contributed by atoms with Crippen molar-refractivity contribution in [1.29, 1.82) is 0 Å². The first-order valence-corrected chi connectivity index (χ1v) is 9.35. The molecule has 0 atom stereocenters. The van der Waals surface area contributed by atoms with E-state index >= 15 is 0 Å². The van der Waals surface area contributed by atoms with E-state index in [2.05, 4.69) is 52.0 Å². The Morgan fingerprint density at radius 1 is 1.04 bits per heavy atom. The summed E-state index contributed by atoms with van der Waals surface area (Å²) in [5.41, 5.74) is 9.30. The van der Waals surface area contributed by atoms with Gasteiger partial charge in [-0.2, -0.15) is 5.10 Å². The van der Waals surface area contributed by atoms with Crippen LogP contribution in [0, 0.1) is 0 Å². The Bertz CT molecular complexity index is 825. The van der Waals surface area contributed by atoms with Gasteiger partial charge in [-0.15, -0.1) is 16.4 Å². The zero-order chi connectivity index (χ0) is 16.6. The van der Waals surface area contributed by atoms with Crippen LogP contribution in [-0.2, 0) is 5.75 Å². The minimum absolute atomic E-state index is 0.463. The van der Waals surface area contributed by atoms with E-state index < -0.39 is 0 Å². The third kappa shape index (κ3) is 4.81. The summed E-state index contributed by atoms with van der Waals surface area (Å²) < 4.78 is 0. The Morgan fingerprint density at radius 3 is 2.71 bits per heavy atom. The van der Waals surface area contributed by atoms with Crippen molar-refractivity contribution >= 4 is 34.5 Å². The van der Waals surface area contributed by atoms with E-state index in [1.54, 1.807) is 17.6 Å². The van der Waals surface area contributed by atoms with Gasteiger partial charge in [-0.05, 0) is 34.2 Å². The number of hydrogen-bond acceptors (Lipinski definition) is 4. The molecular formula is C19H17N3S2. The maximum atomic E-state index is 5.89. The number of nitrogens with zero attached hydrogens (tertiary/aromatic N) is 2. The Hall–Kier alpha value is -2.37. The monoisotopic (exact) mass is 351 g/mol. The van der Waals surface area contributed by atoms with Crippen molar-refractivity contribution in [2.45, 2.75) is 5.75 Å². The van der Waals surface area contributed by atoms with Gasteiger partial charge in [0.2, 0.25) is 0 Å². The number of nitrogens with two attached hydrogens (primary N) is 1. The largest absolute Gasteiger partial charge is 0.377 e. The van der Waals surface area contributed by atoms with Crippen LogP contribution in [0.25, 0.3) is 10.4 Å². The first kappa shape index (κ1) is 16.5. The molecule has 2 aromatic carbocycles. The van der Waals surface area contributed by atoms with E-state index in [1.165, 1.54) is 27.8 Å². The Balaban J connectivity index is 1.60. The summed E-state index contributed by atoms with van der Waals surface area (Å²) in [6.07, 6.45) is 1.73. The predicted molar refractivity (Wildman–Crippen MR) is 107 cm³/mol. The molecule has 0 amide bonds. The Kier molecular flexibility index (Phi) is 5.82. The molecule has 0 saturated heterocycles. The summed E-state index contributed by atoms with van der Waals surface area (Å²) in [4.78, 5) is 1.24. The molecule has 0 spiro atoms. The molecule has 120 valence electrons. The number of hydrogen-bond donors (Lipinski definition) is 1. The fraction of sp³-hybridized carbons (Fsp3) is 0.0526. The van der Waals surface area contributed by atoms with Crippen LogP contribution in [0.5, 0.6) is 0 Å². The van der Waals surface area contributed by atoms with Crippen LogP contribution >= 0.6 is 23.1 Å². The number of benzene rings is 2. The Labute approximate surface area is 150 Å². The van der Waals surface area contributed by atoms with Crippen molar-refractivity contribution in [3.8, 4) is 10.4 Å². The van der Waals surface area contributed by atoms with Crippen molar-refractivity contribution in [3.05, 3.63) is 83.2 Å². The van der Waals surface area contributed by atoms with E-state index in [4.69, 9.17) is 5.73 Å². The van der Waals surface area contributed by atoms with Crippen LogP contribution < -0.4 is 5.73 Å². The molecule has 0 aliphatic rings. The molecule has 0 aliphatic heterocycles. The molecule has 5 heteroatoms. The molecule has 0 radical (unpaired) electrons. The highest BCUT2D eigenvalue weighted by molar-refractivity contribution is 8.13. The minimum Gasteiger partial charge on any atom is -0.377 e. The highest BCUT2D eigenvalue weighted by Gasteiger charge is 1.99. The lowest BCUT2D eigenvalue weighted by molar-refractivity contribution is 1.25. The fourth-order valence-electron chi connectivity index (χ4n) is 2.13. The molecule has 0 unspecified atom stereocenters. The van der Waals surface area contributed by atoms with Crippen molar-refractivity contribution in [3.63, 3.8) is 0 Å². The second-order valence-electron chi connectivity index (χ2n) is 5.06. The number of thioether (sulfide) groups is 1. The first-order valence-electron chi connectivity index (χ1n) is 7.48. The number of rotatable bonds is 5. The number of amidine groups is 1. The molecule has 0 aliphatic carbocycles. The molecule has 1 aromatic heterocycles. The van der Waals surface area contributed by atoms with Gasteiger partial charge in [0.1, 0.15) is 0 Å². The molecule has 3 rings (SSSR count). The second kappa shape index (κ2) is 8.47. The quantitative estimate of drug-likeness (QED) is 0.400. The van der Waals surface area contributed by atoms with Gasteiger partial charge in [0, 0.05) is 10.6 Å². The summed E-state index contributed by atoms with van der Waals surface area (Å²) in [5, 5.41) is 10.7. The van der Waals surface area contributed by atoms with Crippen LogP contribution in [0.15, 0.2) is 82.3 Å². The SMILES string of the molecule is NC(=NN=Cc1cccc(-c2cccs2)c1)SCc1ccccc1. The number of thiophene rings is 1. The van der Waals surface area contributed by atoms with Gasteiger partial charge in [-0.25, -0.2) is 0 Å². The highest BCUT2D eigenvalue weighted by atomic mass is 32.2. The summed E-state index contributed by atoms with van der Waals surface area (Å²) >= 11 is 3.20. The third-order valence-corrected chi connectivity index (χ3v) is 5.06. The average Bonchev–Trinajstić information content (AvgIpc) is 3.16. The molecule has 0 saturated carbocycles. The van der Waals surface area contributed by atoms with Gasteiger partial charge in [-0.3, -0.25) is 0 Å². The predicted octanol–water partition coefficient (Wildman–Crippen LogP) is 5.00. The molecule has 1 heterocycles. The van der Waals surface area contributed by atoms with E-state index in [0.717, 1.165) is 11.3 Å². The van der Waals surface area contributed by atoms with Crippen molar-refractivity contribution in [2.75, 3.05) is 0 Å². The van der Waals surface area contributed by atoms with Gasteiger partial charge in [-0.1, -0.05) is 66.4 Å². The van der Waals surface area contributed by atoms with Crippen molar-refractivity contribution in [1.82, 2.24) is 0 Å². The minimum atomic E-state index is 0.463. The van der Waals surface area contributed by atoms with Crippen LogP contribution in [0.2, 0.25) is 0 Å². The summed E-state index contributed by atoms with van der Waals surface area (Å²) in [5.74, 6) is 0.791. The maximum absolute atomic E-state index is 5.89. The lowest BCUT2D eigenvalue weighted by atomic mass is 10.1. The maximum Gasteiger partial charge on any atom is 0.180 e. The van der Waals surface area contributed by atoms with Gasteiger partial charge in [0.25, 0.3) is 0 Å². The molecule has 3 nitrogen and oxygen atoms in total. The first-order chi connectivity index (χ1) is 11.8. The van der Waals surface area contributed by atoms with E-state index in [0.29, 0.717) is 5.17 Å². The van der Waals surface area contributed by atoms with Gasteiger partial charge in [0.15, 0.2) is 5.17 Å². The normalized spacial score (nSPS) is 11.9. The highest BCUT2D eigenvalue weighted by Crippen LogP contribution is 2.24. The zero-order valence-electron chi connectivity index (χ0n) is 13.0. The van der Waals surface area contributed by atoms with Crippen LogP contribution in [0.3, 0.4) is 0 Å². The van der Waals surface area contributed by atoms with Gasteiger partial charge < -0.3 is 5.73 Å². The lowest BCUT2D eigenvalue weighted by Crippen LogP contribution is -2.05. The fourth-order valence-corrected chi connectivity index (χ4v) is 3.46. The van der Waals surface area contributed by atoms with Gasteiger partial charge >= 0.3 is 0 Å². The molecule has 24 heavy (non-hydrogen) atoms. The zero-order valence-corrected chi connectivity index (χ0v) is 14.6. The Morgan fingerprint density at radius 2 is 1.92 bits per heavy atom. The van der Waals surface area contributed by atoms with E-state index in [9.17, 15) is 0 Å². The summed E-state index contributed by atoms with van der Waals surface area (Å²) in [6.45, 7) is 0. The molecular weight excluding hydrogens is 334 g/mol. The van der Waals surface area contributed by atoms with Gasteiger partial charge in [0.05, 0.1) is 6.21 Å². The summed E-state index contributed by atoms with van der Waals surface area (Å²) in [6, 6.07) is 22.5. The standard InChI is InChI=1S/C19H17N3S2/c20-19(24-14-15-6-2-1-3-7-15)22-21-13-16-8-4-9-17(12-16)18-10-5-11-23-18/h1-13H,14H2,(H2,20,22). The molecule has 0 fully saturated rings. The molecule has 2 N–H and O–H groups in total. The lowest BCUT2D eigenvalue weighted by Gasteiger charge is -2.00. The second-order valence-corrected chi connectivity index (χ2v) is 7.00. The van der Waals surface area contributed by atoms with E-state index in [1.807, 2.05) is 30.3 Å². The van der Waals surface area contributed by atoms with E-state index in [-0.39, 0.29) is 0 Å². The smallest absolute Gasteiger partial charge is 0.180 e. The topological polar surface area (TPSA) is 50.7 Å². The average molecular weight is 352 g/mol.